The van der Waals surface area contributed by atoms with Gasteiger partial charge in [-0.15, -0.1) is 0 Å². The van der Waals surface area contributed by atoms with Crippen LogP contribution < -0.4 is 10.6 Å². The van der Waals surface area contributed by atoms with Gasteiger partial charge in [-0.3, -0.25) is 9.78 Å². The van der Waals surface area contributed by atoms with Crippen LogP contribution in [-0.4, -0.2) is 22.4 Å². The number of anilines is 2. The molecule has 0 bridgehead atoms. The number of halogens is 1. The summed E-state index contributed by atoms with van der Waals surface area (Å²) in [6.45, 7) is 2.63. The average Bonchev–Trinajstić information content (AvgIpc) is 2.42. The number of nitrogens with one attached hydrogen (secondary N) is 2. The van der Waals surface area contributed by atoms with E-state index < -0.39 is 5.82 Å². The Balaban J connectivity index is 2.18. The predicted molar refractivity (Wildman–Crippen MR) is 70.5 cm³/mol. The highest BCUT2D eigenvalue weighted by molar-refractivity contribution is 6.07. The van der Waals surface area contributed by atoms with Crippen LogP contribution in [0.5, 0.6) is 0 Å². The fourth-order valence-corrected chi connectivity index (χ4v) is 1.55. The van der Waals surface area contributed by atoms with E-state index in [0.29, 0.717) is 17.8 Å². The molecule has 6 heteroatoms. The molecule has 0 unspecified atom stereocenters. The van der Waals surface area contributed by atoms with E-state index in [9.17, 15) is 9.18 Å². The Labute approximate surface area is 109 Å². The Morgan fingerprint density at radius 3 is 2.84 bits per heavy atom. The zero-order valence-corrected chi connectivity index (χ0v) is 10.4. The van der Waals surface area contributed by atoms with E-state index in [2.05, 4.69) is 20.6 Å². The summed E-state index contributed by atoms with van der Waals surface area (Å²) in [5, 5.41) is 5.66. The summed E-state index contributed by atoms with van der Waals surface area (Å²) in [6.07, 6.45) is 4.12. The van der Waals surface area contributed by atoms with Crippen molar-refractivity contribution in [3.05, 3.63) is 48.2 Å². The van der Waals surface area contributed by atoms with Gasteiger partial charge in [0.25, 0.3) is 5.91 Å². The minimum atomic E-state index is -0.451. The van der Waals surface area contributed by atoms with Gasteiger partial charge in [0.2, 0.25) is 0 Å². The van der Waals surface area contributed by atoms with Crippen LogP contribution in [0.4, 0.5) is 15.9 Å². The number of nitrogens with zero attached hydrogens (tertiary/aromatic N) is 2. The Morgan fingerprint density at radius 1 is 1.32 bits per heavy atom. The number of aromatic nitrogens is 2. The van der Waals surface area contributed by atoms with Gasteiger partial charge in [-0.1, -0.05) is 0 Å². The number of carbonyl (C=O) groups is 1. The molecular weight excluding hydrogens is 247 g/mol. The monoisotopic (exact) mass is 260 g/mol. The molecule has 0 aliphatic carbocycles. The molecule has 0 spiro atoms. The first-order valence-electron chi connectivity index (χ1n) is 5.81. The number of amides is 1. The van der Waals surface area contributed by atoms with Crippen LogP contribution in [0.3, 0.4) is 0 Å². The Kier molecular flexibility index (Phi) is 4.02. The molecule has 5 nitrogen and oxygen atoms in total. The first kappa shape index (κ1) is 12.9. The molecule has 0 radical (unpaired) electrons. The van der Waals surface area contributed by atoms with Crippen molar-refractivity contribution >= 4 is 17.4 Å². The molecule has 98 valence electrons. The zero-order chi connectivity index (χ0) is 13.7. The molecule has 2 heterocycles. The van der Waals surface area contributed by atoms with E-state index >= 15 is 0 Å². The first-order chi connectivity index (χ1) is 9.20. The summed E-state index contributed by atoms with van der Waals surface area (Å²) in [4.78, 5) is 19.8. The standard InChI is InChI=1S/C13H13FN4O/c1-2-16-11-5-6-15-8-10(11)13(19)18-12-4-3-9(14)7-17-12/h3-8H,2H2,1H3,(H,15,16)(H,17,18,19). The summed E-state index contributed by atoms with van der Waals surface area (Å²) in [7, 11) is 0. The molecule has 0 fully saturated rings. The van der Waals surface area contributed by atoms with E-state index in [4.69, 9.17) is 0 Å². The van der Waals surface area contributed by atoms with Crippen LogP contribution >= 0.6 is 0 Å². The Bertz CT molecular complexity index is 571. The summed E-state index contributed by atoms with van der Waals surface area (Å²) in [5.41, 5.74) is 1.10. The maximum atomic E-state index is 12.7. The smallest absolute Gasteiger partial charge is 0.260 e. The summed E-state index contributed by atoms with van der Waals surface area (Å²) < 4.78 is 12.7. The van der Waals surface area contributed by atoms with Gasteiger partial charge in [-0.25, -0.2) is 9.37 Å². The molecule has 0 aliphatic rings. The van der Waals surface area contributed by atoms with Crippen LogP contribution in [0.15, 0.2) is 36.8 Å². The number of carbonyl (C=O) groups excluding carboxylic acids is 1. The van der Waals surface area contributed by atoms with Crippen molar-refractivity contribution in [2.75, 3.05) is 17.2 Å². The van der Waals surface area contributed by atoms with Gasteiger partial charge in [0.05, 0.1) is 17.4 Å². The Morgan fingerprint density at radius 2 is 2.16 bits per heavy atom. The second-order valence-electron chi connectivity index (χ2n) is 3.77. The second kappa shape index (κ2) is 5.90. The van der Waals surface area contributed by atoms with Gasteiger partial charge in [0.1, 0.15) is 11.6 Å². The molecule has 0 atom stereocenters. The summed E-state index contributed by atoms with van der Waals surface area (Å²) in [6, 6.07) is 4.35. The average molecular weight is 260 g/mol. The molecule has 2 aromatic heterocycles. The van der Waals surface area contributed by atoms with Crippen LogP contribution in [0.2, 0.25) is 0 Å². The predicted octanol–water partition coefficient (Wildman–Crippen LogP) is 2.30. The Hall–Kier alpha value is -2.50. The van der Waals surface area contributed by atoms with E-state index in [-0.39, 0.29) is 11.7 Å². The van der Waals surface area contributed by atoms with Crippen molar-refractivity contribution in [1.29, 1.82) is 0 Å². The molecule has 1 amide bonds. The SMILES string of the molecule is CCNc1ccncc1C(=O)Nc1ccc(F)cn1. The number of hydrogen-bond donors (Lipinski definition) is 2. The molecule has 0 saturated heterocycles. The minimum Gasteiger partial charge on any atom is -0.385 e. The molecule has 0 saturated carbocycles. The summed E-state index contributed by atoms with van der Waals surface area (Å²) >= 11 is 0. The summed E-state index contributed by atoms with van der Waals surface area (Å²) in [5.74, 6) is -0.506. The van der Waals surface area contributed by atoms with Crippen LogP contribution in [0.1, 0.15) is 17.3 Å². The lowest BCUT2D eigenvalue weighted by molar-refractivity contribution is 0.102. The van der Waals surface area contributed by atoms with Gasteiger partial charge < -0.3 is 10.6 Å². The van der Waals surface area contributed by atoms with Gasteiger partial charge >= 0.3 is 0 Å². The molecular formula is C13H13FN4O. The topological polar surface area (TPSA) is 66.9 Å². The highest BCUT2D eigenvalue weighted by atomic mass is 19.1. The minimum absolute atomic E-state index is 0.290. The van der Waals surface area contributed by atoms with Crippen LogP contribution in [0, 0.1) is 5.82 Å². The highest BCUT2D eigenvalue weighted by Crippen LogP contribution is 2.15. The molecule has 2 rings (SSSR count). The van der Waals surface area contributed by atoms with E-state index in [1.165, 1.54) is 18.3 Å². The largest absolute Gasteiger partial charge is 0.385 e. The zero-order valence-electron chi connectivity index (χ0n) is 10.4. The third kappa shape index (κ3) is 3.25. The van der Waals surface area contributed by atoms with Crippen molar-refractivity contribution in [3.8, 4) is 0 Å². The third-order valence-electron chi connectivity index (χ3n) is 2.40. The fraction of sp³-hybridized carbons (Fsp3) is 0.154. The lowest BCUT2D eigenvalue weighted by Gasteiger charge is -2.09. The normalized spacial score (nSPS) is 10.0. The fourth-order valence-electron chi connectivity index (χ4n) is 1.55. The van der Waals surface area contributed by atoms with Crippen molar-refractivity contribution < 1.29 is 9.18 Å². The molecule has 2 N–H and O–H groups in total. The number of pyridine rings is 2. The lowest BCUT2D eigenvalue weighted by atomic mass is 10.2. The van der Waals surface area contributed by atoms with Gasteiger partial charge in [-0.2, -0.15) is 0 Å². The van der Waals surface area contributed by atoms with Crippen LogP contribution in [-0.2, 0) is 0 Å². The number of rotatable bonds is 4. The third-order valence-corrected chi connectivity index (χ3v) is 2.40. The van der Waals surface area contributed by atoms with E-state index in [1.807, 2.05) is 6.92 Å². The van der Waals surface area contributed by atoms with Crippen molar-refractivity contribution in [2.24, 2.45) is 0 Å². The first-order valence-corrected chi connectivity index (χ1v) is 5.81. The maximum Gasteiger partial charge on any atom is 0.260 e. The molecule has 2 aromatic rings. The molecule has 0 aliphatic heterocycles. The lowest BCUT2D eigenvalue weighted by Crippen LogP contribution is -2.15. The number of hydrogen-bond acceptors (Lipinski definition) is 4. The maximum absolute atomic E-state index is 12.7. The quantitative estimate of drug-likeness (QED) is 0.885. The second-order valence-corrected chi connectivity index (χ2v) is 3.77. The highest BCUT2D eigenvalue weighted by Gasteiger charge is 2.11. The van der Waals surface area contributed by atoms with Gasteiger partial charge in [-0.05, 0) is 25.1 Å². The van der Waals surface area contributed by atoms with Gasteiger partial charge in [0.15, 0.2) is 0 Å². The molecule has 19 heavy (non-hydrogen) atoms. The van der Waals surface area contributed by atoms with Crippen molar-refractivity contribution in [2.45, 2.75) is 6.92 Å². The molecule has 0 aromatic carbocycles. The van der Waals surface area contributed by atoms with Crippen LogP contribution in [0.25, 0.3) is 0 Å². The van der Waals surface area contributed by atoms with E-state index in [0.717, 1.165) is 6.20 Å². The van der Waals surface area contributed by atoms with Crippen molar-refractivity contribution in [3.63, 3.8) is 0 Å². The van der Waals surface area contributed by atoms with Gasteiger partial charge in [0, 0.05) is 18.9 Å². The van der Waals surface area contributed by atoms with E-state index in [1.54, 1.807) is 12.3 Å². The van der Waals surface area contributed by atoms with Crippen molar-refractivity contribution in [1.82, 2.24) is 9.97 Å².